The van der Waals surface area contributed by atoms with E-state index in [4.69, 9.17) is 9.29 Å². The molecule has 134 valence electrons. The van der Waals surface area contributed by atoms with Crippen LogP contribution < -0.4 is 0 Å². The van der Waals surface area contributed by atoms with E-state index in [1.54, 1.807) is 0 Å². The molecule has 0 aromatic rings. The third-order valence-corrected chi connectivity index (χ3v) is 4.77. The van der Waals surface area contributed by atoms with Gasteiger partial charge in [-0.05, 0) is 19.3 Å². The monoisotopic (exact) mass is 358 g/mol. The number of ether oxygens (including phenoxy) is 2. The van der Waals surface area contributed by atoms with Crippen LogP contribution in [0.4, 0.5) is 8.78 Å². The van der Waals surface area contributed by atoms with Gasteiger partial charge in [-0.2, -0.15) is 17.2 Å². The Hall–Kier alpha value is -1.29. The fraction of sp³-hybridized carbons (Fsp3) is 0.846. The van der Waals surface area contributed by atoms with Crippen LogP contribution in [0, 0.1) is 11.8 Å². The molecule has 2 atom stereocenters. The zero-order valence-corrected chi connectivity index (χ0v) is 13.5. The van der Waals surface area contributed by atoms with Gasteiger partial charge in [0.15, 0.2) is 0 Å². The predicted octanol–water partition coefficient (Wildman–Crippen LogP) is 1.77. The molecule has 23 heavy (non-hydrogen) atoms. The molecule has 0 aromatic carbocycles. The summed E-state index contributed by atoms with van der Waals surface area (Å²) in [7, 11) is -4.26. The van der Waals surface area contributed by atoms with Gasteiger partial charge in [0.25, 0.3) is 0 Å². The van der Waals surface area contributed by atoms with Gasteiger partial charge in [0, 0.05) is 6.42 Å². The highest BCUT2D eigenvalue weighted by Gasteiger charge is 2.43. The van der Waals surface area contributed by atoms with E-state index in [9.17, 15) is 26.8 Å². The summed E-state index contributed by atoms with van der Waals surface area (Å²) in [6, 6.07) is 0. The second-order valence-electron chi connectivity index (χ2n) is 5.40. The first-order valence-electron chi connectivity index (χ1n) is 7.19. The summed E-state index contributed by atoms with van der Waals surface area (Å²) < 4.78 is 64.7. The normalized spacial score (nSPS) is 22.4. The van der Waals surface area contributed by atoms with Crippen LogP contribution in [-0.4, -0.2) is 43.9 Å². The number of esters is 2. The van der Waals surface area contributed by atoms with E-state index in [0.717, 1.165) is 12.8 Å². The molecule has 1 aliphatic rings. The predicted molar refractivity (Wildman–Crippen MR) is 74.2 cm³/mol. The number of carbonyl (C=O) groups excluding carboxylic acids is 2. The first-order valence-corrected chi connectivity index (χ1v) is 8.63. The molecule has 2 unspecified atom stereocenters. The van der Waals surface area contributed by atoms with E-state index < -0.39 is 58.6 Å². The van der Waals surface area contributed by atoms with Crippen LogP contribution in [0.3, 0.4) is 0 Å². The summed E-state index contributed by atoms with van der Waals surface area (Å²) in [5.74, 6) is -2.49. The van der Waals surface area contributed by atoms with Crippen LogP contribution in [0.5, 0.6) is 0 Å². The Morgan fingerprint density at radius 1 is 1.17 bits per heavy atom. The van der Waals surface area contributed by atoms with E-state index in [1.165, 1.54) is 7.11 Å². The van der Waals surface area contributed by atoms with Gasteiger partial charge in [-0.15, -0.1) is 0 Å². The molecule has 0 radical (unpaired) electrons. The van der Waals surface area contributed by atoms with Crippen molar-refractivity contribution in [1.29, 1.82) is 0 Å². The van der Waals surface area contributed by atoms with Crippen molar-refractivity contribution < 1.29 is 40.8 Å². The molecule has 0 aromatic heterocycles. The maximum absolute atomic E-state index is 13.0. The van der Waals surface area contributed by atoms with Crippen molar-refractivity contribution in [3.8, 4) is 0 Å². The molecule has 0 saturated heterocycles. The van der Waals surface area contributed by atoms with Crippen molar-refractivity contribution in [2.45, 2.75) is 43.8 Å². The number of carbonyl (C=O) groups is 2. The summed E-state index contributed by atoms with van der Waals surface area (Å²) in [6.07, 6.45) is 0.865. The lowest BCUT2D eigenvalue weighted by Gasteiger charge is -2.27. The average Bonchev–Trinajstić information content (AvgIpc) is 2.49. The number of hydrogen-bond acceptors (Lipinski definition) is 6. The van der Waals surface area contributed by atoms with Crippen LogP contribution >= 0.6 is 0 Å². The van der Waals surface area contributed by atoms with E-state index in [-0.39, 0.29) is 0 Å². The minimum atomic E-state index is -5.48. The summed E-state index contributed by atoms with van der Waals surface area (Å²) in [5.41, 5.74) is 0. The quantitative estimate of drug-likeness (QED) is 0.420. The number of rotatable bonds is 7. The number of hydrogen-bond donors (Lipinski definition) is 1. The van der Waals surface area contributed by atoms with Crippen LogP contribution in [0.25, 0.3) is 0 Å². The average molecular weight is 358 g/mol. The smallest absolute Gasteiger partial charge is 0.370 e. The molecule has 1 aliphatic carbocycles. The van der Waals surface area contributed by atoms with Gasteiger partial charge in [0.2, 0.25) is 0 Å². The first kappa shape index (κ1) is 19.8. The summed E-state index contributed by atoms with van der Waals surface area (Å²) in [4.78, 5) is 23.6. The van der Waals surface area contributed by atoms with Crippen molar-refractivity contribution in [2.24, 2.45) is 11.8 Å². The van der Waals surface area contributed by atoms with E-state index >= 15 is 0 Å². The molecular formula is C13H20F2O7S. The Labute approximate surface area is 133 Å². The molecule has 1 fully saturated rings. The summed E-state index contributed by atoms with van der Waals surface area (Å²) in [5, 5.41) is -4.28. The molecule has 1 N–H and O–H groups in total. The van der Waals surface area contributed by atoms with Gasteiger partial charge < -0.3 is 9.47 Å². The fourth-order valence-corrected chi connectivity index (χ4v) is 2.94. The third-order valence-electron chi connectivity index (χ3n) is 3.81. The van der Waals surface area contributed by atoms with Crippen molar-refractivity contribution in [3.05, 3.63) is 0 Å². The molecule has 7 nitrogen and oxygen atoms in total. The second-order valence-corrected chi connectivity index (χ2v) is 6.95. The van der Waals surface area contributed by atoms with E-state index in [1.807, 2.05) is 0 Å². The first-order chi connectivity index (χ1) is 10.6. The Morgan fingerprint density at radius 2 is 1.70 bits per heavy atom. The fourth-order valence-electron chi connectivity index (χ4n) is 2.53. The number of alkyl halides is 2. The Morgan fingerprint density at radius 3 is 2.17 bits per heavy atom. The van der Waals surface area contributed by atoms with Crippen LogP contribution in [0.2, 0.25) is 0 Å². The maximum atomic E-state index is 13.0. The van der Waals surface area contributed by atoms with Gasteiger partial charge >= 0.3 is 27.3 Å². The third kappa shape index (κ3) is 5.38. The molecule has 10 heteroatoms. The van der Waals surface area contributed by atoms with Crippen LogP contribution in [0.15, 0.2) is 0 Å². The highest BCUT2D eigenvalue weighted by Crippen LogP contribution is 2.32. The maximum Gasteiger partial charge on any atom is 0.370 e. The number of halogens is 2. The standard InChI is InChI=1S/C13H20F2O7S/c1-21-11(16)9-5-2-3-6-10(9)12(17)22-8-4-7-13(14,15)23(18,19)20/h9-10H,2-8H2,1H3,(H,18,19,20). The van der Waals surface area contributed by atoms with Gasteiger partial charge in [-0.3, -0.25) is 14.1 Å². The highest BCUT2D eigenvalue weighted by atomic mass is 32.2. The Kier molecular flexibility index (Phi) is 6.87. The Bertz CT molecular complexity index is 532. The lowest BCUT2D eigenvalue weighted by molar-refractivity contribution is -0.161. The SMILES string of the molecule is COC(=O)C1CCCCC1C(=O)OCCCC(F)(F)S(=O)(=O)O. The van der Waals surface area contributed by atoms with Crippen molar-refractivity contribution in [3.63, 3.8) is 0 Å². The molecular weight excluding hydrogens is 338 g/mol. The summed E-state index contributed by atoms with van der Waals surface area (Å²) in [6.45, 7) is -0.422. The summed E-state index contributed by atoms with van der Waals surface area (Å²) >= 11 is 0. The zero-order chi connectivity index (χ0) is 17.7. The van der Waals surface area contributed by atoms with E-state index in [0.29, 0.717) is 12.8 Å². The number of methoxy groups -OCH3 is 1. The van der Waals surface area contributed by atoms with Crippen LogP contribution in [-0.2, 0) is 29.2 Å². The van der Waals surface area contributed by atoms with Gasteiger partial charge in [-0.25, -0.2) is 0 Å². The lowest BCUT2D eigenvalue weighted by atomic mass is 9.79. The van der Waals surface area contributed by atoms with Crippen LogP contribution in [0.1, 0.15) is 38.5 Å². The second kappa shape index (κ2) is 8.00. The molecule has 0 bridgehead atoms. The van der Waals surface area contributed by atoms with Crippen molar-refractivity contribution >= 4 is 22.1 Å². The largest absolute Gasteiger partial charge is 0.469 e. The highest BCUT2D eigenvalue weighted by molar-refractivity contribution is 7.86. The van der Waals surface area contributed by atoms with Crippen molar-refractivity contribution in [1.82, 2.24) is 0 Å². The lowest BCUT2D eigenvalue weighted by Crippen LogP contribution is -2.35. The minimum absolute atomic E-state index is 0.422. The molecule has 1 saturated carbocycles. The van der Waals surface area contributed by atoms with E-state index in [2.05, 4.69) is 4.74 Å². The zero-order valence-electron chi connectivity index (χ0n) is 12.7. The molecule has 0 amide bonds. The topological polar surface area (TPSA) is 107 Å². The van der Waals surface area contributed by atoms with Gasteiger partial charge in [-0.1, -0.05) is 12.8 Å². The minimum Gasteiger partial charge on any atom is -0.469 e. The van der Waals surface area contributed by atoms with Gasteiger partial charge in [0.1, 0.15) is 0 Å². The van der Waals surface area contributed by atoms with Crippen molar-refractivity contribution in [2.75, 3.05) is 13.7 Å². The molecule has 1 rings (SSSR count). The molecule has 0 heterocycles. The molecule has 0 spiro atoms. The van der Waals surface area contributed by atoms with Gasteiger partial charge in [0.05, 0.1) is 25.6 Å². The molecule has 0 aliphatic heterocycles. The Balaban J connectivity index is 2.48.